The molecule has 0 aliphatic rings. The topological polar surface area (TPSA) is 178 Å². The van der Waals surface area contributed by atoms with Gasteiger partial charge in [0.05, 0.1) is 12.1 Å². The summed E-state index contributed by atoms with van der Waals surface area (Å²) in [7, 11) is 0. The van der Waals surface area contributed by atoms with Gasteiger partial charge in [0.2, 0.25) is 11.8 Å². The number of aliphatic carboxylic acids is 1. The van der Waals surface area contributed by atoms with Crippen molar-refractivity contribution in [2.24, 2.45) is 5.73 Å². The van der Waals surface area contributed by atoms with E-state index in [1.54, 1.807) is 18.3 Å². The van der Waals surface area contributed by atoms with Crippen LogP contribution in [-0.2, 0) is 27.2 Å². The first-order chi connectivity index (χ1) is 16.2. The molecular formula is C24H28N4O6. The molecule has 1 heterocycles. The number of phenols is 1. The van der Waals surface area contributed by atoms with Gasteiger partial charge in [-0.25, -0.2) is 4.79 Å². The standard InChI is InChI=1S/C24H28N4O6/c1-13(29)21(24(33)34)28-23(32)20(10-14-6-8-16(30)9-7-14)27-22(31)18(25)11-15-12-26-19-5-3-2-4-17(15)19/h2-9,12-13,18,20-21,26,29-30H,10-11,25H2,1H3,(H,27,31)(H,28,32)(H,33,34). The molecule has 0 aliphatic carbocycles. The summed E-state index contributed by atoms with van der Waals surface area (Å²) < 4.78 is 0. The third-order valence-corrected chi connectivity index (χ3v) is 5.51. The fraction of sp³-hybridized carbons (Fsp3) is 0.292. The molecule has 4 atom stereocenters. The van der Waals surface area contributed by atoms with Crippen molar-refractivity contribution in [2.45, 2.75) is 44.0 Å². The predicted molar refractivity (Wildman–Crippen MR) is 125 cm³/mol. The summed E-state index contributed by atoms with van der Waals surface area (Å²) in [5, 5.41) is 34.3. The van der Waals surface area contributed by atoms with Gasteiger partial charge < -0.3 is 36.7 Å². The van der Waals surface area contributed by atoms with Crippen molar-refractivity contribution in [1.29, 1.82) is 0 Å². The smallest absolute Gasteiger partial charge is 0.328 e. The van der Waals surface area contributed by atoms with Crippen LogP contribution in [0.15, 0.2) is 54.7 Å². The fourth-order valence-corrected chi connectivity index (χ4v) is 3.63. The Morgan fingerprint density at radius 2 is 1.68 bits per heavy atom. The molecule has 0 aliphatic heterocycles. The van der Waals surface area contributed by atoms with Crippen molar-refractivity contribution in [3.05, 3.63) is 65.9 Å². The molecule has 0 fully saturated rings. The number of hydrogen-bond acceptors (Lipinski definition) is 6. The van der Waals surface area contributed by atoms with Gasteiger partial charge in [0, 0.05) is 23.5 Å². The lowest BCUT2D eigenvalue weighted by atomic mass is 10.0. The normalized spacial score (nSPS) is 14.7. The number of nitrogens with two attached hydrogens (primary N) is 1. The molecule has 1 aromatic heterocycles. The van der Waals surface area contributed by atoms with Crippen LogP contribution in [0.3, 0.4) is 0 Å². The summed E-state index contributed by atoms with van der Waals surface area (Å²) in [5.74, 6) is -2.74. The van der Waals surface area contributed by atoms with Crippen LogP contribution in [0.4, 0.5) is 0 Å². The Morgan fingerprint density at radius 3 is 2.32 bits per heavy atom. The SMILES string of the molecule is CC(O)C(NC(=O)C(Cc1ccc(O)cc1)NC(=O)C(N)Cc1c[nH]c2ccccc12)C(=O)O. The minimum atomic E-state index is -1.55. The number of aromatic hydroxyl groups is 1. The molecule has 8 N–H and O–H groups in total. The van der Waals surface area contributed by atoms with Crippen molar-refractivity contribution in [3.63, 3.8) is 0 Å². The third-order valence-electron chi connectivity index (χ3n) is 5.51. The van der Waals surface area contributed by atoms with Gasteiger partial charge in [0.1, 0.15) is 11.8 Å². The Hall–Kier alpha value is -3.89. The number of aliphatic hydroxyl groups is 1. The number of carbonyl (C=O) groups excluding carboxylic acids is 2. The highest BCUT2D eigenvalue weighted by atomic mass is 16.4. The van der Waals surface area contributed by atoms with Crippen molar-refractivity contribution < 1.29 is 29.7 Å². The molecule has 180 valence electrons. The van der Waals surface area contributed by atoms with Gasteiger partial charge >= 0.3 is 5.97 Å². The predicted octanol–water partition coefficient (Wildman–Crippen LogP) is 0.421. The number of nitrogens with one attached hydrogen (secondary N) is 3. The van der Waals surface area contributed by atoms with E-state index in [2.05, 4.69) is 15.6 Å². The summed E-state index contributed by atoms with van der Waals surface area (Å²) in [5.41, 5.74) is 8.51. The largest absolute Gasteiger partial charge is 0.508 e. The van der Waals surface area contributed by atoms with E-state index in [1.165, 1.54) is 19.1 Å². The second-order valence-electron chi connectivity index (χ2n) is 8.17. The maximum absolute atomic E-state index is 12.9. The van der Waals surface area contributed by atoms with Crippen LogP contribution in [0.5, 0.6) is 5.75 Å². The van der Waals surface area contributed by atoms with Gasteiger partial charge in [0.25, 0.3) is 0 Å². The maximum Gasteiger partial charge on any atom is 0.328 e. The number of aromatic amines is 1. The quantitative estimate of drug-likeness (QED) is 0.225. The first kappa shape index (κ1) is 24.7. The lowest BCUT2D eigenvalue weighted by molar-refractivity contribution is -0.145. The molecular weight excluding hydrogens is 440 g/mol. The number of aromatic nitrogens is 1. The number of carboxylic acids is 1. The van der Waals surface area contributed by atoms with Gasteiger partial charge in [-0.1, -0.05) is 30.3 Å². The zero-order chi connectivity index (χ0) is 24.8. The molecule has 10 nitrogen and oxygen atoms in total. The number of para-hydroxylation sites is 1. The lowest BCUT2D eigenvalue weighted by Crippen LogP contribution is -2.57. The molecule has 34 heavy (non-hydrogen) atoms. The Morgan fingerprint density at radius 1 is 1.00 bits per heavy atom. The Balaban J connectivity index is 1.75. The van der Waals surface area contributed by atoms with Crippen molar-refractivity contribution in [1.82, 2.24) is 15.6 Å². The van der Waals surface area contributed by atoms with Gasteiger partial charge in [-0.2, -0.15) is 0 Å². The Labute approximate surface area is 195 Å². The van der Waals surface area contributed by atoms with Crippen LogP contribution >= 0.6 is 0 Å². The molecule has 3 aromatic rings. The average Bonchev–Trinajstić information content (AvgIpc) is 3.20. The summed E-state index contributed by atoms with van der Waals surface area (Å²) in [6, 6.07) is 9.94. The van der Waals surface area contributed by atoms with E-state index in [0.29, 0.717) is 5.56 Å². The number of carbonyl (C=O) groups is 3. The van der Waals surface area contributed by atoms with Gasteiger partial charge in [-0.15, -0.1) is 0 Å². The number of aliphatic hydroxyl groups excluding tert-OH is 1. The zero-order valence-electron chi connectivity index (χ0n) is 18.6. The molecule has 3 rings (SSSR count). The van der Waals surface area contributed by atoms with Crippen LogP contribution in [0.1, 0.15) is 18.1 Å². The van der Waals surface area contributed by atoms with Gasteiger partial charge in [-0.3, -0.25) is 9.59 Å². The van der Waals surface area contributed by atoms with E-state index >= 15 is 0 Å². The van der Waals surface area contributed by atoms with Crippen molar-refractivity contribution in [2.75, 3.05) is 0 Å². The molecule has 0 saturated carbocycles. The summed E-state index contributed by atoms with van der Waals surface area (Å²) >= 11 is 0. The van der Waals surface area contributed by atoms with E-state index in [0.717, 1.165) is 16.5 Å². The summed E-state index contributed by atoms with van der Waals surface area (Å²) in [6.45, 7) is 1.24. The first-order valence-corrected chi connectivity index (χ1v) is 10.8. The highest BCUT2D eigenvalue weighted by Crippen LogP contribution is 2.19. The minimum Gasteiger partial charge on any atom is -0.508 e. The van der Waals surface area contributed by atoms with Crippen molar-refractivity contribution in [3.8, 4) is 5.75 Å². The fourth-order valence-electron chi connectivity index (χ4n) is 3.63. The Bertz CT molecular complexity index is 1160. The molecule has 2 aromatic carbocycles. The van der Waals surface area contributed by atoms with Crippen LogP contribution < -0.4 is 16.4 Å². The van der Waals surface area contributed by atoms with Crippen molar-refractivity contribution >= 4 is 28.7 Å². The van der Waals surface area contributed by atoms with Crippen LogP contribution in [0.2, 0.25) is 0 Å². The number of fused-ring (bicyclic) bond motifs is 1. The molecule has 0 bridgehead atoms. The number of amides is 2. The van der Waals surface area contributed by atoms with Crippen LogP contribution in [0.25, 0.3) is 10.9 Å². The Kier molecular flexibility index (Phi) is 7.87. The van der Waals surface area contributed by atoms with E-state index in [1.807, 2.05) is 24.3 Å². The molecule has 0 radical (unpaired) electrons. The number of benzene rings is 2. The van der Waals surface area contributed by atoms with E-state index in [-0.39, 0.29) is 18.6 Å². The minimum absolute atomic E-state index is 0.0177. The second-order valence-corrected chi connectivity index (χ2v) is 8.17. The van der Waals surface area contributed by atoms with Crippen LogP contribution in [-0.4, -0.2) is 62.3 Å². The molecule has 0 saturated heterocycles. The molecule has 0 spiro atoms. The van der Waals surface area contributed by atoms with Gasteiger partial charge in [0.15, 0.2) is 6.04 Å². The average molecular weight is 469 g/mol. The number of phenolic OH excluding ortho intramolecular Hbond substituents is 1. The maximum atomic E-state index is 12.9. The number of rotatable bonds is 10. The lowest BCUT2D eigenvalue weighted by Gasteiger charge is -2.24. The third kappa shape index (κ3) is 6.12. The van der Waals surface area contributed by atoms with Crippen LogP contribution in [0, 0.1) is 0 Å². The summed E-state index contributed by atoms with van der Waals surface area (Å²) in [4.78, 5) is 40.3. The van der Waals surface area contributed by atoms with E-state index < -0.39 is 42.0 Å². The van der Waals surface area contributed by atoms with E-state index in [4.69, 9.17) is 5.73 Å². The number of hydrogen-bond donors (Lipinski definition) is 7. The second kappa shape index (κ2) is 10.8. The molecule has 4 unspecified atom stereocenters. The number of carboxylic acid groups (broad SMARTS) is 1. The first-order valence-electron chi connectivity index (χ1n) is 10.8. The monoisotopic (exact) mass is 468 g/mol. The number of H-pyrrole nitrogens is 1. The highest BCUT2D eigenvalue weighted by molar-refractivity contribution is 5.92. The molecule has 2 amide bonds. The highest BCUT2D eigenvalue weighted by Gasteiger charge is 2.30. The van der Waals surface area contributed by atoms with E-state index in [9.17, 15) is 29.7 Å². The van der Waals surface area contributed by atoms with Gasteiger partial charge in [-0.05, 0) is 42.7 Å². The summed E-state index contributed by atoms with van der Waals surface area (Å²) in [6.07, 6.45) is 0.660. The molecule has 10 heteroatoms. The zero-order valence-corrected chi connectivity index (χ0v) is 18.6.